The van der Waals surface area contributed by atoms with Crippen LogP contribution in [-0.4, -0.2) is 27.8 Å². The van der Waals surface area contributed by atoms with Crippen LogP contribution in [0.25, 0.3) is 0 Å². The second-order valence-corrected chi connectivity index (χ2v) is 4.55. The summed E-state index contributed by atoms with van der Waals surface area (Å²) in [5, 5.41) is 12.7. The van der Waals surface area contributed by atoms with Crippen LogP contribution in [0.15, 0.2) is 6.20 Å². The Bertz CT molecular complexity index is 335. The maximum Gasteiger partial charge on any atom is 0.109 e. The van der Waals surface area contributed by atoms with Crippen molar-refractivity contribution in [1.82, 2.24) is 14.9 Å². The fourth-order valence-corrected chi connectivity index (χ4v) is 1.86. The highest BCUT2D eigenvalue weighted by Crippen LogP contribution is 2.17. The molecule has 0 saturated heterocycles. The summed E-state index contributed by atoms with van der Waals surface area (Å²) in [6.07, 6.45) is 4.08. The average Bonchev–Trinajstić information content (AvgIpc) is 2.79. The van der Waals surface area contributed by atoms with E-state index >= 15 is 0 Å². The summed E-state index contributed by atoms with van der Waals surface area (Å²) < 4.78 is 2.08. The number of nitrogens with zero attached hydrogens (tertiary/aromatic N) is 2. The molecule has 0 aromatic carbocycles. The Kier molecular flexibility index (Phi) is 5.65. The second kappa shape index (κ2) is 6.77. The third-order valence-corrected chi connectivity index (χ3v) is 3.03. The molecule has 2 atom stereocenters. The van der Waals surface area contributed by atoms with Gasteiger partial charge in [0.15, 0.2) is 0 Å². The van der Waals surface area contributed by atoms with Crippen molar-refractivity contribution in [2.75, 3.05) is 13.2 Å². The number of rotatable bonds is 7. The van der Waals surface area contributed by atoms with Crippen LogP contribution >= 0.6 is 0 Å². The van der Waals surface area contributed by atoms with Gasteiger partial charge in [0.2, 0.25) is 0 Å². The topological polar surface area (TPSA) is 50.1 Å². The van der Waals surface area contributed by atoms with Gasteiger partial charge in [-0.15, -0.1) is 0 Å². The molecule has 4 nitrogen and oxygen atoms in total. The van der Waals surface area contributed by atoms with E-state index < -0.39 is 0 Å². The predicted molar refractivity (Wildman–Crippen MR) is 70.1 cm³/mol. The smallest absolute Gasteiger partial charge is 0.109 e. The minimum absolute atomic E-state index is 0.101. The van der Waals surface area contributed by atoms with E-state index in [0.29, 0.717) is 0 Å². The van der Waals surface area contributed by atoms with Gasteiger partial charge in [0.25, 0.3) is 0 Å². The van der Waals surface area contributed by atoms with Crippen LogP contribution in [0.1, 0.15) is 57.7 Å². The number of aryl methyl sites for hydroxylation is 1. The molecule has 0 fully saturated rings. The Morgan fingerprint density at radius 3 is 2.65 bits per heavy atom. The van der Waals surface area contributed by atoms with Crippen molar-refractivity contribution in [1.29, 1.82) is 0 Å². The number of aliphatic hydroxyl groups excluding tert-OH is 1. The lowest BCUT2D eigenvalue weighted by atomic mass is 10.2. The molecule has 1 rings (SSSR count). The number of imidazole rings is 1. The first kappa shape index (κ1) is 14.2. The molecule has 4 heteroatoms. The standard InChI is InChI=1S/C13H25N3O/c1-5-7-14-11(4)12-8-16(10(3)9-17)13(6-2)15-12/h8,10-11,14,17H,5-7,9H2,1-4H3. The molecule has 98 valence electrons. The van der Waals surface area contributed by atoms with Gasteiger partial charge < -0.3 is 15.0 Å². The molecule has 0 spiro atoms. The molecule has 1 heterocycles. The van der Waals surface area contributed by atoms with Crippen molar-refractivity contribution in [3.8, 4) is 0 Å². The van der Waals surface area contributed by atoms with Gasteiger partial charge in [-0.1, -0.05) is 13.8 Å². The lowest BCUT2D eigenvalue weighted by molar-refractivity contribution is 0.236. The van der Waals surface area contributed by atoms with Crippen LogP contribution in [0.4, 0.5) is 0 Å². The molecule has 1 aromatic heterocycles. The van der Waals surface area contributed by atoms with Gasteiger partial charge in [0.1, 0.15) is 5.82 Å². The lowest BCUT2D eigenvalue weighted by Crippen LogP contribution is -2.19. The van der Waals surface area contributed by atoms with Crippen LogP contribution in [0.3, 0.4) is 0 Å². The number of nitrogens with one attached hydrogen (secondary N) is 1. The SMILES string of the molecule is CCCNC(C)c1cn(C(C)CO)c(CC)n1. The minimum atomic E-state index is 0.101. The molecule has 0 bridgehead atoms. The van der Waals surface area contributed by atoms with Gasteiger partial charge in [-0.2, -0.15) is 0 Å². The molecule has 0 aliphatic carbocycles. The van der Waals surface area contributed by atoms with Gasteiger partial charge in [0, 0.05) is 18.7 Å². The Morgan fingerprint density at radius 1 is 1.41 bits per heavy atom. The number of aliphatic hydroxyl groups is 1. The van der Waals surface area contributed by atoms with E-state index in [1.54, 1.807) is 0 Å². The molecule has 2 unspecified atom stereocenters. The fraction of sp³-hybridized carbons (Fsp3) is 0.769. The zero-order valence-electron chi connectivity index (χ0n) is 11.4. The van der Waals surface area contributed by atoms with E-state index in [4.69, 9.17) is 0 Å². The average molecular weight is 239 g/mol. The summed E-state index contributed by atoms with van der Waals surface area (Å²) in [4.78, 5) is 4.64. The van der Waals surface area contributed by atoms with E-state index in [9.17, 15) is 5.11 Å². The van der Waals surface area contributed by atoms with Crippen LogP contribution in [0.5, 0.6) is 0 Å². The number of hydrogen-bond donors (Lipinski definition) is 2. The first-order valence-electron chi connectivity index (χ1n) is 6.55. The summed E-state index contributed by atoms with van der Waals surface area (Å²) >= 11 is 0. The third kappa shape index (κ3) is 3.54. The van der Waals surface area contributed by atoms with E-state index in [-0.39, 0.29) is 18.7 Å². The van der Waals surface area contributed by atoms with Gasteiger partial charge in [0.05, 0.1) is 18.3 Å². The van der Waals surface area contributed by atoms with Crippen molar-refractivity contribution in [2.24, 2.45) is 0 Å². The highest BCUT2D eigenvalue weighted by molar-refractivity contribution is 5.09. The zero-order chi connectivity index (χ0) is 12.8. The third-order valence-electron chi connectivity index (χ3n) is 3.03. The summed E-state index contributed by atoms with van der Waals surface area (Å²) in [5.41, 5.74) is 1.07. The first-order valence-corrected chi connectivity index (χ1v) is 6.55. The van der Waals surface area contributed by atoms with Crippen LogP contribution in [-0.2, 0) is 6.42 Å². The van der Waals surface area contributed by atoms with Gasteiger partial charge >= 0.3 is 0 Å². The molecular weight excluding hydrogens is 214 g/mol. The highest BCUT2D eigenvalue weighted by Gasteiger charge is 2.14. The van der Waals surface area contributed by atoms with Crippen molar-refractivity contribution in [3.05, 3.63) is 17.7 Å². The summed E-state index contributed by atoms with van der Waals surface area (Å²) in [5.74, 6) is 1.05. The van der Waals surface area contributed by atoms with Crippen molar-refractivity contribution in [2.45, 2.75) is 52.6 Å². The van der Waals surface area contributed by atoms with Crippen LogP contribution in [0, 0.1) is 0 Å². The molecule has 0 aliphatic rings. The normalized spacial score (nSPS) is 14.9. The molecule has 0 saturated carbocycles. The Labute approximate surface area is 104 Å². The number of hydrogen-bond acceptors (Lipinski definition) is 3. The van der Waals surface area contributed by atoms with Crippen LogP contribution in [0.2, 0.25) is 0 Å². The number of aromatic nitrogens is 2. The van der Waals surface area contributed by atoms with Gasteiger partial charge in [-0.05, 0) is 26.8 Å². The maximum atomic E-state index is 9.23. The minimum Gasteiger partial charge on any atom is -0.394 e. The van der Waals surface area contributed by atoms with Crippen LogP contribution < -0.4 is 5.32 Å². The molecule has 17 heavy (non-hydrogen) atoms. The van der Waals surface area contributed by atoms with Gasteiger partial charge in [-0.3, -0.25) is 0 Å². The van der Waals surface area contributed by atoms with E-state index in [1.807, 2.05) is 6.92 Å². The fourth-order valence-electron chi connectivity index (χ4n) is 1.86. The van der Waals surface area contributed by atoms with Crippen molar-refractivity contribution in [3.63, 3.8) is 0 Å². The Balaban J connectivity index is 2.84. The summed E-state index contributed by atoms with van der Waals surface area (Å²) in [7, 11) is 0. The zero-order valence-corrected chi connectivity index (χ0v) is 11.4. The molecule has 0 radical (unpaired) electrons. The molecule has 0 amide bonds. The largest absolute Gasteiger partial charge is 0.394 e. The Morgan fingerprint density at radius 2 is 2.12 bits per heavy atom. The molecular formula is C13H25N3O. The second-order valence-electron chi connectivity index (χ2n) is 4.55. The monoisotopic (exact) mass is 239 g/mol. The van der Waals surface area contributed by atoms with Crippen molar-refractivity contribution >= 4 is 0 Å². The Hall–Kier alpha value is -0.870. The lowest BCUT2D eigenvalue weighted by Gasteiger charge is -2.12. The van der Waals surface area contributed by atoms with E-state index in [1.165, 1.54) is 0 Å². The van der Waals surface area contributed by atoms with E-state index in [2.05, 4.69) is 41.8 Å². The van der Waals surface area contributed by atoms with E-state index in [0.717, 1.165) is 30.9 Å². The summed E-state index contributed by atoms with van der Waals surface area (Å²) in [6.45, 7) is 9.55. The first-order chi connectivity index (χ1) is 8.13. The summed E-state index contributed by atoms with van der Waals surface area (Å²) in [6, 6.07) is 0.372. The molecule has 0 aliphatic heterocycles. The molecule has 1 aromatic rings. The predicted octanol–water partition coefficient (Wildman–Crippen LogP) is 2.06. The quantitative estimate of drug-likeness (QED) is 0.765. The maximum absolute atomic E-state index is 9.23. The van der Waals surface area contributed by atoms with Gasteiger partial charge in [-0.25, -0.2) is 4.98 Å². The molecule has 2 N–H and O–H groups in total. The van der Waals surface area contributed by atoms with Crippen molar-refractivity contribution < 1.29 is 5.11 Å². The highest BCUT2D eigenvalue weighted by atomic mass is 16.3.